The summed E-state index contributed by atoms with van der Waals surface area (Å²) in [6.45, 7) is 1.01. The molecule has 2 aliphatic rings. The summed E-state index contributed by atoms with van der Waals surface area (Å²) in [5.41, 5.74) is 1.90. The number of hydrogen-bond donors (Lipinski definition) is 1. The minimum Gasteiger partial charge on any atom is -0.350 e. The van der Waals surface area contributed by atoms with Crippen LogP contribution >= 0.6 is 0 Å². The number of anilines is 1. The van der Waals surface area contributed by atoms with Crippen LogP contribution in [0.4, 0.5) is 14.9 Å². The molecule has 2 heterocycles. The van der Waals surface area contributed by atoms with Gasteiger partial charge in [-0.25, -0.2) is 9.18 Å². The molecule has 0 unspecified atom stereocenters. The number of nitrogens with one attached hydrogen (secondary N) is 1. The minimum absolute atomic E-state index is 0.0750. The predicted octanol–water partition coefficient (Wildman–Crippen LogP) is 2.14. The van der Waals surface area contributed by atoms with Gasteiger partial charge in [0.2, 0.25) is 5.91 Å². The van der Waals surface area contributed by atoms with E-state index in [0.717, 1.165) is 5.56 Å². The third-order valence-electron chi connectivity index (χ3n) is 4.47. The maximum atomic E-state index is 13.7. The van der Waals surface area contributed by atoms with Crippen molar-refractivity contribution in [3.8, 4) is 0 Å². The highest BCUT2D eigenvalue weighted by molar-refractivity contribution is 6.20. The van der Waals surface area contributed by atoms with Crippen molar-refractivity contribution in [2.75, 3.05) is 24.5 Å². The second-order valence-electron chi connectivity index (χ2n) is 6.11. The van der Waals surface area contributed by atoms with Crippen molar-refractivity contribution < 1.29 is 14.0 Å². The van der Waals surface area contributed by atoms with Gasteiger partial charge in [0.1, 0.15) is 18.2 Å². The maximum absolute atomic E-state index is 13.7. The summed E-state index contributed by atoms with van der Waals surface area (Å²) in [4.78, 5) is 32.6. The third kappa shape index (κ3) is 2.81. The Morgan fingerprint density at radius 1 is 1.15 bits per heavy atom. The molecule has 6 nitrogen and oxygen atoms in total. The number of carbonyl (C=O) groups is 2. The van der Waals surface area contributed by atoms with Gasteiger partial charge in [-0.3, -0.25) is 19.6 Å². The first-order valence-corrected chi connectivity index (χ1v) is 8.38. The van der Waals surface area contributed by atoms with Crippen LogP contribution in [0.5, 0.6) is 0 Å². The van der Waals surface area contributed by atoms with E-state index in [2.05, 4.69) is 10.3 Å². The van der Waals surface area contributed by atoms with Crippen LogP contribution in [-0.2, 0) is 11.3 Å². The topological polar surface area (TPSA) is 65.0 Å². The van der Waals surface area contributed by atoms with Gasteiger partial charge in [0.15, 0.2) is 0 Å². The molecule has 26 heavy (non-hydrogen) atoms. The normalized spacial score (nSPS) is 15.4. The number of aliphatic imine (C=N–C) groups is 1. The van der Waals surface area contributed by atoms with Gasteiger partial charge >= 0.3 is 6.03 Å². The van der Waals surface area contributed by atoms with E-state index < -0.39 is 0 Å². The summed E-state index contributed by atoms with van der Waals surface area (Å²) in [5, 5.41) is 2.68. The van der Waals surface area contributed by atoms with Crippen LogP contribution in [0.3, 0.4) is 0 Å². The predicted molar refractivity (Wildman–Crippen MR) is 95.5 cm³/mol. The van der Waals surface area contributed by atoms with Gasteiger partial charge in [0, 0.05) is 24.2 Å². The van der Waals surface area contributed by atoms with Crippen LogP contribution in [0.1, 0.15) is 11.1 Å². The Kier molecular flexibility index (Phi) is 4.12. The highest BCUT2D eigenvalue weighted by Gasteiger charge is 2.37. The molecule has 0 saturated carbocycles. The molecule has 3 amide bonds. The lowest BCUT2D eigenvalue weighted by atomic mass is 10.1. The Labute approximate surface area is 149 Å². The van der Waals surface area contributed by atoms with E-state index in [9.17, 15) is 14.0 Å². The van der Waals surface area contributed by atoms with Gasteiger partial charge in [-0.15, -0.1) is 0 Å². The fourth-order valence-electron chi connectivity index (χ4n) is 3.20. The van der Waals surface area contributed by atoms with Crippen LogP contribution in [-0.4, -0.2) is 42.3 Å². The zero-order valence-corrected chi connectivity index (χ0v) is 14.0. The lowest BCUT2D eigenvalue weighted by Gasteiger charge is -2.34. The van der Waals surface area contributed by atoms with Crippen molar-refractivity contribution in [1.82, 2.24) is 10.2 Å². The molecule has 0 bridgehead atoms. The molecular weight excluding hydrogens is 335 g/mol. The first kappa shape index (κ1) is 16.3. The lowest BCUT2D eigenvalue weighted by Crippen LogP contribution is -2.52. The fraction of sp³-hybridized carbons (Fsp3) is 0.211. The molecule has 0 fully saturated rings. The number of amides is 3. The standard InChI is InChI=1S/C19H17FN4O2/c20-15-7-3-1-5-13(15)11-22-17(25)12-24-16-8-4-2-6-14(16)18-21-9-10-23(18)19(24)26/h1-8H,9-12H2,(H,22,25). The number of amidine groups is 1. The second-order valence-corrected chi connectivity index (χ2v) is 6.11. The van der Waals surface area contributed by atoms with Gasteiger partial charge in [0.05, 0.1) is 12.2 Å². The molecule has 0 spiro atoms. The summed E-state index contributed by atoms with van der Waals surface area (Å²) in [5.74, 6) is -0.0604. The summed E-state index contributed by atoms with van der Waals surface area (Å²) in [7, 11) is 0. The molecule has 0 atom stereocenters. The maximum Gasteiger partial charge on any atom is 0.330 e. The van der Waals surface area contributed by atoms with Crippen molar-refractivity contribution in [1.29, 1.82) is 0 Å². The average Bonchev–Trinajstić information content (AvgIpc) is 3.15. The van der Waals surface area contributed by atoms with Crippen LogP contribution < -0.4 is 10.2 Å². The Hall–Kier alpha value is -3.22. The molecule has 2 aromatic rings. The van der Waals surface area contributed by atoms with Crippen LogP contribution in [0.25, 0.3) is 0 Å². The molecule has 0 saturated heterocycles. The molecule has 0 aliphatic carbocycles. The molecule has 0 radical (unpaired) electrons. The number of halogens is 1. The Morgan fingerprint density at radius 2 is 1.92 bits per heavy atom. The second kappa shape index (κ2) is 6.59. The van der Waals surface area contributed by atoms with Crippen LogP contribution in [0, 0.1) is 5.82 Å². The number of nitrogens with zero attached hydrogens (tertiary/aromatic N) is 3. The van der Waals surface area contributed by atoms with Gasteiger partial charge in [-0.2, -0.15) is 0 Å². The first-order valence-electron chi connectivity index (χ1n) is 8.38. The molecule has 4 rings (SSSR count). The first-order chi connectivity index (χ1) is 12.6. The number of rotatable bonds is 4. The van der Waals surface area contributed by atoms with Crippen molar-refractivity contribution in [3.05, 3.63) is 65.5 Å². The summed E-state index contributed by atoms with van der Waals surface area (Å²) in [6, 6.07) is 13.4. The fourth-order valence-corrected chi connectivity index (χ4v) is 3.20. The lowest BCUT2D eigenvalue weighted by molar-refractivity contribution is -0.119. The zero-order valence-electron chi connectivity index (χ0n) is 14.0. The third-order valence-corrected chi connectivity index (χ3v) is 4.47. The number of carbonyl (C=O) groups excluding carboxylic acids is 2. The number of fused-ring (bicyclic) bond motifs is 3. The number of hydrogen-bond acceptors (Lipinski definition) is 3. The monoisotopic (exact) mass is 352 g/mol. The van der Waals surface area contributed by atoms with Crippen molar-refractivity contribution in [3.63, 3.8) is 0 Å². The van der Waals surface area contributed by atoms with Crippen molar-refractivity contribution >= 4 is 23.5 Å². The van der Waals surface area contributed by atoms with E-state index in [1.54, 1.807) is 29.2 Å². The van der Waals surface area contributed by atoms with E-state index in [1.165, 1.54) is 11.0 Å². The number of para-hydroxylation sites is 1. The highest BCUT2D eigenvalue weighted by Crippen LogP contribution is 2.30. The van der Waals surface area contributed by atoms with E-state index in [-0.39, 0.29) is 30.8 Å². The largest absolute Gasteiger partial charge is 0.350 e. The zero-order chi connectivity index (χ0) is 18.1. The van der Waals surface area contributed by atoms with Gasteiger partial charge in [-0.05, 0) is 18.2 Å². The molecule has 1 N–H and O–H groups in total. The minimum atomic E-state index is -0.370. The Balaban J connectivity index is 1.51. The van der Waals surface area contributed by atoms with Crippen LogP contribution in [0.15, 0.2) is 53.5 Å². The molecule has 2 aliphatic heterocycles. The molecule has 7 heteroatoms. The number of benzene rings is 2. The average molecular weight is 352 g/mol. The molecule has 2 aromatic carbocycles. The van der Waals surface area contributed by atoms with Gasteiger partial charge in [-0.1, -0.05) is 30.3 Å². The molecular formula is C19H17FN4O2. The van der Waals surface area contributed by atoms with E-state index in [1.807, 2.05) is 18.2 Å². The molecule has 132 valence electrons. The van der Waals surface area contributed by atoms with E-state index in [0.29, 0.717) is 30.2 Å². The quantitative estimate of drug-likeness (QED) is 0.916. The molecule has 0 aromatic heterocycles. The van der Waals surface area contributed by atoms with Crippen molar-refractivity contribution in [2.45, 2.75) is 6.54 Å². The van der Waals surface area contributed by atoms with E-state index >= 15 is 0 Å². The van der Waals surface area contributed by atoms with Gasteiger partial charge < -0.3 is 5.32 Å². The van der Waals surface area contributed by atoms with Gasteiger partial charge in [0.25, 0.3) is 0 Å². The van der Waals surface area contributed by atoms with E-state index in [4.69, 9.17) is 0 Å². The smallest absolute Gasteiger partial charge is 0.330 e. The number of urea groups is 1. The highest BCUT2D eigenvalue weighted by atomic mass is 19.1. The Morgan fingerprint density at radius 3 is 2.77 bits per heavy atom. The SMILES string of the molecule is O=C(CN1C(=O)N2CCN=C2c2ccccc21)NCc1ccccc1F. The van der Waals surface area contributed by atoms with Crippen molar-refractivity contribution in [2.24, 2.45) is 4.99 Å². The Bertz CT molecular complexity index is 912. The summed E-state index contributed by atoms with van der Waals surface area (Å²) < 4.78 is 13.7. The van der Waals surface area contributed by atoms with Crippen LogP contribution in [0.2, 0.25) is 0 Å². The summed E-state index contributed by atoms with van der Waals surface area (Å²) in [6.07, 6.45) is 0. The summed E-state index contributed by atoms with van der Waals surface area (Å²) >= 11 is 0.